The fraction of sp³-hybridized carbons (Fsp3) is 0.722. The summed E-state index contributed by atoms with van der Waals surface area (Å²) in [5, 5.41) is 2.76. The Hall–Kier alpha value is -1.30. The van der Waals surface area contributed by atoms with Gasteiger partial charge in [0.15, 0.2) is 0 Å². The SMILES string of the molecule is CCOC(=O)C1=C(NC(=O)SC2(C)CCC(=O)C2)CCC2(CC2)C1. The van der Waals surface area contributed by atoms with Gasteiger partial charge in [-0.3, -0.25) is 9.59 Å². The summed E-state index contributed by atoms with van der Waals surface area (Å²) in [5.74, 6) is -0.0800. The van der Waals surface area contributed by atoms with E-state index in [1.807, 2.05) is 6.92 Å². The molecule has 0 heterocycles. The van der Waals surface area contributed by atoms with Gasteiger partial charge in [-0.15, -0.1) is 0 Å². The predicted molar refractivity (Wildman–Crippen MR) is 92.6 cm³/mol. The summed E-state index contributed by atoms with van der Waals surface area (Å²) in [7, 11) is 0. The zero-order valence-corrected chi connectivity index (χ0v) is 15.2. The fourth-order valence-corrected chi connectivity index (χ4v) is 4.78. The lowest BCUT2D eigenvalue weighted by atomic mass is 9.84. The highest BCUT2D eigenvalue weighted by Gasteiger charge is 2.47. The van der Waals surface area contributed by atoms with Crippen LogP contribution in [0.5, 0.6) is 0 Å². The Kier molecular flexibility index (Phi) is 4.78. The van der Waals surface area contributed by atoms with Crippen LogP contribution < -0.4 is 5.32 Å². The van der Waals surface area contributed by atoms with Crippen LogP contribution in [0.3, 0.4) is 0 Å². The average molecular weight is 351 g/mol. The van der Waals surface area contributed by atoms with Crippen LogP contribution >= 0.6 is 11.8 Å². The Morgan fingerprint density at radius 1 is 1.17 bits per heavy atom. The van der Waals surface area contributed by atoms with Crippen molar-refractivity contribution in [2.45, 2.75) is 70.0 Å². The third-order valence-electron chi connectivity index (χ3n) is 5.40. The molecule has 3 aliphatic rings. The van der Waals surface area contributed by atoms with Gasteiger partial charge < -0.3 is 10.1 Å². The summed E-state index contributed by atoms with van der Waals surface area (Å²) in [4.78, 5) is 36.2. The molecule has 0 bridgehead atoms. The summed E-state index contributed by atoms with van der Waals surface area (Å²) in [6.45, 7) is 4.09. The molecule has 3 aliphatic carbocycles. The number of Topliss-reactive ketones (excluding diaryl/α,β-unsaturated/α-hetero) is 1. The lowest BCUT2D eigenvalue weighted by molar-refractivity contribution is -0.139. The van der Waals surface area contributed by atoms with E-state index in [-0.39, 0.29) is 27.2 Å². The van der Waals surface area contributed by atoms with Gasteiger partial charge in [-0.2, -0.15) is 0 Å². The van der Waals surface area contributed by atoms with Crippen LogP contribution in [0.4, 0.5) is 4.79 Å². The molecular weight excluding hydrogens is 326 g/mol. The highest BCUT2D eigenvalue weighted by atomic mass is 32.2. The van der Waals surface area contributed by atoms with Crippen LogP contribution in [0, 0.1) is 5.41 Å². The Bertz CT molecular complexity index is 608. The van der Waals surface area contributed by atoms with E-state index < -0.39 is 0 Å². The minimum atomic E-state index is -0.321. The van der Waals surface area contributed by atoms with Gasteiger partial charge in [-0.25, -0.2) is 4.79 Å². The molecule has 0 aromatic carbocycles. The number of thioether (sulfide) groups is 1. The van der Waals surface area contributed by atoms with Gasteiger partial charge in [0.1, 0.15) is 5.78 Å². The molecule has 0 aromatic rings. The van der Waals surface area contributed by atoms with E-state index in [0.717, 1.165) is 37.8 Å². The lowest BCUT2D eigenvalue weighted by Crippen LogP contribution is -2.30. The van der Waals surface area contributed by atoms with Crippen molar-refractivity contribution in [2.24, 2.45) is 5.41 Å². The number of carbonyl (C=O) groups excluding carboxylic acids is 3. The lowest BCUT2D eigenvalue weighted by Gasteiger charge is -2.27. The van der Waals surface area contributed by atoms with Crippen LogP contribution in [-0.4, -0.2) is 28.3 Å². The minimum absolute atomic E-state index is 0.171. The molecule has 2 saturated carbocycles. The number of ether oxygens (including phenoxy) is 1. The molecule has 1 unspecified atom stereocenters. The molecule has 3 rings (SSSR count). The van der Waals surface area contributed by atoms with Crippen LogP contribution in [0.25, 0.3) is 0 Å². The number of hydrogen-bond donors (Lipinski definition) is 1. The van der Waals surface area contributed by atoms with E-state index in [1.54, 1.807) is 6.92 Å². The van der Waals surface area contributed by atoms with Gasteiger partial charge in [0.2, 0.25) is 0 Å². The zero-order valence-electron chi connectivity index (χ0n) is 14.4. The maximum absolute atomic E-state index is 12.4. The van der Waals surface area contributed by atoms with Crippen LogP contribution in [0.15, 0.2) is 11.3 Å². The average Bonchev–Trinajstić information content (AvgIpc) is 3.18. The van der Waals surface area contributed by atoms with Crippen molar-refractivity contribution in [2.75, 3.05) is 6.61 Å². The predicted octanol–water partition coefficient (Wildman–Crippen LogP) is 3.72. The molecule has 132 valence electrons. The van der Waals surface area contributed by atoms with E-state index >= 15 is 0 Å². The number of nitrogens with one attached hydrogen (secondary N) is 1. The Labute approximate surface area is 147 Å². The molecule has 1 spiro atoms. The summed E-state index contributed by atoms with van der Waals surface area (Å²) < 4.78 is 4.86. The second-order valence-electron chi connectivity index (χ2n) is 7.53. The Morgan fingerprint density at radius 2 is 1.92 bits per heavy atom. The summed E-state index contributed by atoms with van der Waals surface area (Å²) in [5.41, 5.74) is 1.63. The molecule has 0 aliphatic heterocycles. The zero-order chi connectivity index (χ0) is 17.4. The van der Waals surface area contributed by atoms with Crippen molar-refractivity contribution in [3.63, 3.8) is 0 Å². The first kappa shape index (κ1) is 17.5. The smallest absolute Gasteiger partial charge is 0.335 e. The molecular formula is C18H25NO4S. The molecule has 24 heavy (non-hydrogen) atoms. The van der Waals surface area contributed by atoms with E-state index in [2.05, 4.69) is 5.32 Å². The van der Waals surface area contributed by atoms with E-state index in [0.29, 0.717) is 31.4 Å². The number of esters is 1. The monoisotopic (exact) mass is 351 g/mol. The molecule has 1 amide bonds. The van der Waals surface area contributed by atoms with Crippen LogP contribution in [0.2, 0.25) is 0 Å². The number of rotatable bonds is 4. The Balaban J connectivity index is 1.69. The van der Waals surface area contributed by atoms with E-state index in [4.69, 9.17) is 4.74 Å². The van der Waals surface area contributed by atoms with Gasteiger partial charge in [0.05, 0.1) is 12.2 Å². The number of amides is 1. The van der Waals surface area contributed by atoms with Crippen LogP contribution in [-0.2, 0) is 14.3 Å². The third-order valence-corrected chi connectivity index (χ3v) is 6.52. The largest absolute Gasteiger partial charge is 0.463 e. The van der Waals surface area contributed by atoms with Gasteiger partial charge in [0.25, 0.3) is 5.24 Å². The maximum atomic E-state index is 12.4. The molecule has 2 fully saturated rings. The number of hydrogen-bond acceptors (Lipinski definition) is 5. The molecule has 1 atom stereocenters. The maximum Gasteiger partial charge on any atom is 0.335 e. The molecule has 0 radical (unpaired) electrons. The van der Waals surface area contributed by atoms with Crippen molar-refractivity contribution in [1.29, 1.82) is 0 Å². The quantitative estimate of drug-likeness (QED) is 0.782. The highest BCUT2D eigenvalue weighted by molar-refractivity contribution is 8.14. The number of ketones is 1. The summed E-state index contributed by atoms with van der Waals surface area (Å²) >= 11 is 1.19. The Morgan fingerprint density at radius 3 is 2.50 bits per heavy atom. The van der Waals surface area contributed by atoms with Gasteiger partial charge in [0, 0.05) is 23.3 Å². The van der Waals surface area contributed by atoms with E-state index in [1.165, 1.54) is 11.8 Å². The third kappa shape index (κ3) is 3.85. The fourth-order valence-electron chi connectivity index (χ4n) is 3.72. The van der Waals surface area contributed by atoms with Crippen molar-refractivity contribution >= 4 is 28.8 Å². The number of carbonyl (C=O) groups is 3. The van der Waals surface area contributed by atoms with Gasteiger partial charge in [-0.05, 0) is 57.8 Å². The standard InChI is InChI=1S/C18H25NO4S/c1-3-23-15(21)13-11-18(8-9-18)7-5-14(13)19-16(22)24-17(2)6-4-12(20)10-17/h3-11H2,1-2H3,(H,19,22). The minimum Gasteiger partial charge on any atom is -0.463 e. The molecule has 0 saturated heterocycles. The van der Waals surface area contributed by atoms with Crippen LogP contribution in [0.1, 0.15) is 65.2 Å². The van der Waals surface area contributed by atoms with Gasteiger partial charge >= 0.3 is 5.97 Å². The molecule has 1 N–H and O–H groups in total. The second-order valence-corrected chi connectivity index (χ2v) is 9.09. The molecule has 6 heteroatoms. The first-order chi connectivity index (χ1) is 11.3. The van der Waals surface area contributed by atoms with Crippen molar-refractivity contribution in [3.8, 4) is 0 Å². The van der Waals surface area contributed by atoms with Crippen molar-refractivity contribution < 1.29 is 19.1 Å². The summed E-state index contributed by atoms with van der Waals surface area (Å²) in [6.07, 6.45) is 6.49. The van der Waals surface area contributed by atoms with Gasteiger partial charge in [-0.1, -0.05) is 11.8 Å². The number of allylic oxidation sites excluding steroid dienone is 1. The molecule has 5 nitrogen and oxygen atoms in total. The normalized spacial score (nSPS) is 28.2. The van der Waals surface area contributed by atoms with Crippen molar-refractivity contribution in [1.82, 2.24) is 5.32 Å². The van der Waals surface area contributed by atoms with E-state index in [9.17, 15) is 14.4 Å². The molecule has 0 aromatic heterocycles. The highest BCUT2D eigenvalue weighted by Crippen LogP contribution is 2.57. The second kappa shape index (κ2) is 6.54. The topological polar surface area (TPSA) is 72.5 Å². The first-order valence-electron chi connectivity index (χ1n) is 8.76. The van der Waals surface area contributed by atoms with Crippen molar-refractivity contribution in [3.05, 3.63) is 11.3 Å². The first-order valence-corrected chi connectivity index (χ1v) is 9.57. The summed E-state index contributed by atoms with van der Waals surface area (Å²) in [6, 6.07) is 0.